The average Bonchev–Trinajstić information content (AvgIpc) is 2.72. The van der Waals surface area contributed by atoms with Crippen LogP contribution in [0.4, 0.5) is 0 Å². The summed E-state index contributed by atoms with van der Waals surface area (Å²) in [5.74, 6) is 0. The van der Waals surface area contributed by atoms with E-state index in [2.05, 4.69) is 40.0 Å². The van der Waals surface area contributed by atoms with Gasteiger partial charge in [-0.25, -0.2) is 0 Å². The second kappa shape index (κ2) is 21.4. The molecular weight excluding hydrogens is 338 g/mol. The summed E-state index contributed by atoms with van der Waals surface area (Å²) < 4.78 is 1.19. The summed E-state index contributed by atoms with van der Waals surface area (Å²) in [4.78, 5) is 0. The first-order valence-corrected chi connectivity index (χ1v) is 13.3. The van der Waals surface area contributed by atoms with E-state index in [1.165, 1.54) is 140 Å². The average molecular weight is 395 g/mol. The quantitative estimate of drug-likeness (QED) is 0.127. The maximum Gasteiger partial charge on any atom is 0.0917 e. The van der Waals surface area contributed by atoms with E-state index in [4.69, 9.17) is 0 Å². The fraction of sp³-hybridized carbons (Fsp3) is 0.926. The van der Waals surface area contributed by atoms with Crippen LogP contribution in [0.3, 0.4) is 0 Å². The highest BCUT2D eigenvalue weighted by Gasteiger charge is 2.18. The van der Waals surface area contributed by atoms with Crippen molar-refractivity contribution in [1.82, 2.24) is 0 Å². The molecule has 0 N–H and O–H groups in total. The maximum absolute atomic E-state index is 2.49. The summed E-state index contributed by atoms with van der Waals surface area (Å²) in [6.45, 7) is 13.1. The first-order chi connectivity index (χ1) is 13.7. The molecule has 1 heteroatoms. The SMILES string of the molecule is CCCC=C[N+](CC)(CC)CCCCCCCCCCCCCCCCCC. The molecule has 0 aliphatic carbocycles. The van der Waals surface area contributed by atoms with Gasteiger partial charge in [0.1, 0.15) is 0 Å². The monoisotopic (exact) mass is 394 g/mol. The normalized spacial score (nSPS) is 12.3. The summed E-state index contributed by atoms with van der Waals surface area (Å²) in [5, 5.41) is 0. The lowest BCUT2D eigenvalue weighted by atomic mass is 10.0. The van der Waals surface area contributed by atoms with Gasteiger partial charge in [-0.3, -0.25) is 4.48 Å². The van der Waals surface area contributed by atoms with Gasteiger partial charge in [0, 0.05) is 0 Å². The number of rotatable bonds is 22. The highest BCUT2D eigenvalue weighted by Crippen LogP contribution is 2.16. The summed E-state index contributed by atoms with van der Waals surface area (Å²) in [6, 6.07) is 0. The summed E-state index contributed by atoms with van der Waals surface area (Å²) in [6.07, 6.45) is 30.7. The van der Waals surface area contributed by atoms with Crippen LogP contribution in [0.25, 0.3) is 0 Å². The molecule has 0 radical (unpaired) electrons. The van der Waals surface area contributed by atoms with Crippen molar-refractivity contribution in [3.05, 3.63) is 12.3 Å². The molecule has 0 aliphatic rings. The molecule has 0 heterocycles. The number of hydrogen-bond acceptors (Lipinski definition) is 0. The lowest BCUT2D eigenvalue weighted by Gasteiger charge is -2.33. The second-order valence-corrected chi connectivity index (χ2v) is 9.05. The maximum atomic E-state index is 2.49. The Kier molecular flexibility index (Phi) is 21.2. The van der Waals surface area contributed by atoms with Crippen molar-refractivity contribution in [3.63, 3.8) is 0 Å². The van der Waals surface area contributed by atoms with Crippen molar-refractivity contribution in [2.24, 2.45) is 0 Å². The number of nitrogens with zero attached hydrogens (tertiary/aromatic N) is 1. The molecular formula is C27H56N+. The van der Waals surface area contributed by atoms with E-state index in [1.807, 2.05) is 0 Å². The third kappa shape index (κ3) is 16.6. The Bertz CT molecular complexity index is 316. The van der Waals surface area contributed by atoms with Crippen LogP contribution in [0.2, 0.25) is 0 Å². The molecule has 0 saturated heterocycles. The number of allylic oxidation sites excluding steroid dienone is 1. The van der Waals surface area contributed by atoms with E-state index in [9.17, 15) is 0 Å². The smallest absolute Gasteiger partial charge is 0.0917 e. The third-order valence-corrected chi connectivity index (χ3v) is 6.59. The van der Waals surface area contributed by atoms with E-state index in [-0.39, 0.29) is 0 Å². The van der Waals surface area contributed by atoms with E-state index in [0.717, 1.165) is 0 Å². The molecule has 0 amide bonds. The molecule has 0 bridgehead atoms. The molecule has 0 saturated carbocycles. The van der Waals surface area contributed by atoms with Gasteiger partial charge in [0.25, 0.3) is 0 Å². The highest BCUT2D eigenvalue weighted by molar-refractivity contribution is 4.74. The number of unbranched alkanes of at least 4 members (excludes halogenated alkanes) is 16. The van der Waals surface area contributed by atoms with Gasteiger partial charge in [-0.1, -0.05) is 110 Å². The minimum absolute atomic E-state index is 1.19. The first kappa shape index (κ1) is 27.7. The molecule has 0 aliphatic heterocycles. The molecule has 0 aromatic rings. The van der Waals surface area contributed by atoms with Crippen LogP contribution in [0.15, 0.2) is 12.3 Å². The standard InChI is InChI=1S/C27H56N/c1-5-9-11-12-13-14-15-16-17-18-19-20-21-22-23-25-27-28(7-3,8-4)26-24-10-6-2/h24,26H,5-23,25,27H2,1-4H3/q+1. The first-order valence-electron chi connectivity index (χ1n) is 13.3. The van der Waals surface area contributed by atoms with Gasteiger partial charge in [0.05, 0.1) is 25.8 Å². The Hall–Kier alpha value is -0.300. The van der Waals surface area contributed by atoms with Crippen molar-refractivity contribution in [1.29, 1.82) is 0 Å². The fourth-order valence-corrected chi connectivity index (χ4v) is 4.26. The van der Waals surface area contributed by atoms with Crippen molar-refractivity contribution in [2.45, 2.75) is 143 Å². The van der Waals surface area contributed by atoms with Crippen LogP contribution in [0, 0.1) is 0 Å². The molecule has 0 aromatic carbocycles. The lowest BCUT2D eigenvalue weighted by molar-refractivity contribution is -0.876. The molecule has 0 fully saturated rings. The summed E-state index contributed by atoms with van der Waals surface area (Å²) >= 11 is 0. The Morgan fingerprint density at radius 1 is 0.464 bits per heavy atom. The molecule has 0 rings (SSSR count). The second-order valence-electron chi connectivity index (χ2n) is 9.05. The van der Waals surface area contributed by atoms with E-state index >= 15 is 0 Å². The van der Waals surface area contributed by atoms with Gasteiger partial charge >= 0.3 is 0 Å². The van der Waals surface area contributed by atoms with Gasteiger partial charge in [-0.05, 0) is 39.2 Å². The highest BCUT2D eigenvalue weighted by atomic mass is 15.3. The lowest BCUT2D eigenvalue weighted by Crippen LogP contribution is -2.43. The Balaban J connectivity index is 3.44. The zero-order valence-corrected chi connectivity index (χ0v) is 20.5. The minimum Gasteiger partial charge on any atom is -0.298 e. The van der Waals surface area contributed by atoms with Crippen LogP contribution in [-0.4, -0.2) is 24.1 Å². The minimum atomic E-state index is 1.19. The van der Waals surface area contributed by atoms with Gasteiger partial charge in [0.2, 0.25) is 0 Å². The van der Waals surface area contributed by atoms with Crippen LogP contribution >= 0.6 is 0 Å². The number of quaternary nitrogens is 1. The summed E-state index contributed by atoms with van der Waals surface area (Å²) in [5.41, 5.74) is 0. The Morgan fingerprint density at radius 2 is 0.857 bits per heavy atom. The largest absolute Gasteiger partial charge is 0.298 e. The third-order valence-electron chi connectivity index (χ3n) is 6.59. The molecule has 0 spiro atoms. The molecule has 168 valence electrons. The molecule has 1 nitrogen and oxygen atoms in total. The van der Waals surface area contributed by atoms with Crippen molar-refractivity contribution < 1.29 is 4.48 Å². The zero-order chi connectivity index (χ0) is 20.8. The topological polar surface area (TPSA) is 0 Å². The van der Waals surface area contributed by atoms with Gasteiger partial charge in [0.15, 0.2) is 0 Å². The van der Waals surface area contributed by atoms with Crippen molar-refractivity contribution >= 4 is 0 Å². The zero-order valence-electron chi connectivity index (χ0n) is 20.5. The van der Waals surface area contributed by atoms with E-state index in [0.29, 0.717) is 0 Å². The van der Waals surface area contributed by atoms with Crippen LogP contribution in [-0.2, 0) is 0 Å². The predicted molar refractivity (Wildman–Crippen MR) is 130 cm³/mol. The Labute approximate surface area is 180 Å². The van der Waals surface area contributed by atoms with Crippen LogP contribution < -0.4 is 0 Å². The van der Waals surface area contributed by atoms with Gasteiger partial charge in [-0.2, -0.15) is 0 Å². The van der Waals surface area contributed by atoms with Gasteiger partial charge in [-0.15, -0.1) is 0 Å². The van der Waals surface area contributed by atoms with Crippen LogP contribution in [0.5, 0.6) is 0 Å². The van der Waals surface area contributed by atoms with E-state index < -0.39 is 0 Å². The van der Waals surface area contributed by atoms with Crippen molar-refractivity contribution in [2.75, 3.05) is 19.6 Å². The fourth-order valence-electron chi connectivity index (χ4n) is 4.26. The molecule has 0 atom stereocenters. The molecule has 28 heavy (non-hydrogen) atoms. The van der Waals surface area contributed by atoms with Gasteiger partial charge < -0.3 is 0 Å². The van der Waals surface area contributed by atoms with E-state index in [1.54, 1.807) is 0 Å². The number of hydrogen-bond donors (Lipinski definition) is 0. The Morgan fingerprint density at radius 3 is 1.21 bits per heavy atom. The molecule has 0 unspecified atom stereocenters. The van der Waals surface area contributed by atoms with Crippen LogP contribution in [0.1, 0.15) is 143 Å². The van der Waals surface area contributed by atoms with Crippen molar-refractivity contribution in [3.8, 4) is 0 Å². The summed E-state index contributed by atoms with van der Waals surface area (Å²) in [7, 11) is 0. The molecule has 0 aromatic heterocycles. The predicted octanol–water partition coefficient (Wildman–Crippen LogP) is 9.42.